The van der Waals surface area contributed by atoms with Crippen LogP contribution in [0.2, 0.25) is 0 Å². The molecule has 0 rings (SSSR count). The van der Waals surface area contributed by atoms with Gasteiger partial charge in [-0.2, -0.15) is 0 Å². The van der Waals surface area contributed by atoms with Gasteiger partial charge in [0.05, 0.1) is 7.11 Å². The monoisotopic (exact) mass is 187 g/mol. The smallest absolute Gasteiger partial charge is 0.331 e. The van der Waals surface area contributed by atoms with Crippen molar-refractivity contribution in [3.8, 4) is 0 Å². The molecule has 0 fully saturated rings. The maximum absolute atomic E-state index is 11.3. The number of hydrogen-bond donors (Lipinski definition) is 1. The third-order valence-corrected chi connectivity index (χ3v) is 2.08. The third-order valence-electron chi connectivity index (χ3n) is 2.08. The predicted molar refractivity (Wildman–Crippen MR) is 49.1 cm³/mol. The van der Waals surface area contributed by atoms with Crippen molar-refractivity contribution in [3.05, 3.63) is 0 Å². The molecule has 1 N–H and O–H groups in total. The van der Waals surface area contributed by atoms with Crippen LogP contribution >= 0.6 is 0 Å². The van der Waals surface area contributed by atoms with E-state index in [1.165, 1.54) is 7.11 Å². The number of carbonyl (C=O) groups excluding carboxylic acids is 2. The van der Waals surface area contributed by atoms with Gasteiger partial charge in [-0.25, -0.2) is 4.79 Å². The van der Waals surface area contributed by atoms with Gasteiger partial charge < -0.3 is 10.1 Å². The van der Waals surface area contributed by atoms with Gasteiger partial charge in [0.25, 0.3) is 0 Å². The van der Waals surface area contributed by atoms with Crippen LogP contribution in [0, 0.1) is 0 Å². The topological polar surface area (TPSA) is 55.4 Å². The first-order valence-corrected chi connectivity index (χ1v) is 4.39. The molecule has 0 saturated carbocycles. The molecule has 0 aliphatic rings. The van der Waals surface area contributed by atoms with Crippen LogP contribution in [0.1, 0.15) is 33.6 Å². The Labute approximate surface area is 78.6 Å². The maximum Gasteiger partial charge on any atom is 0.331 e. The van der Waals surface area contributed by atoms with Crippen LogP contribution in [0.4, 0.5) is 0 Å². The first-order valence-electron chi connectivity index (χ1n) is 4.39. The largest absolute Gasteiger partial charge is 0.467 e. The van der Waals surface area contributed by atoms with Crippen LogP contribution in [0.15, 0.2) is 0 Å². The van der Waals surface area contributed by atoms with Crippen molar-refractivity contribution in [1.29, 1.82) is 0 Å². The van der Waals surface area contributed by atoms with Gasteiger partial charge in [0.15, 0.2) is 0 Å². The van der Waals surface area contributed by atoms with Crippen LogP contribution in [-0.2, 0) is 14.3 Å². The first kappa shape index (κ1) is 11.9. The van der Waals surface area contributed by atoms with Crippen molar-refractivity contribution < 1.29 is 14.3 Å². The van der Waals surface area contributed by atoms with Gasteiger partial charge in [-0.05, 0) is 13.3 Å². The van der Waals surface area contributed by atoms with Gasteiger partial charge in [-0.15, -0.1) is 0 Å². The molecule has 0 heterocycles. The predicted octanol–water partition coefficient (Wildman–Crippen LogP) is 0.854. The number of amides is 1. The Balaban J connectivity index is 4.45. The summed E-state index contributed by atoms with van der Waals surface area (Å²) in [5.41, 5.74) is -0.887. The van der Waals surface area contributed by atoms with Gasteiger partial charge in [-0.1, -0.05) is 13.8 Å². The number of nitrogens with one attached hydrogen (secondary N) is 1. The molecule has 4 heteroatoms. The lowest BCUT2D eigenvalue weighted by molar-refractivity contribution is -0.150. The second-order valence-electron chi connectivity index (χ2n) is 3.08. The summed E-state index contributed by atoms with van der Waals surface area (Å²) in [4.78, 5) is 22.4. The fraction of sp³-hybridized carbons (Fsp3) is 0.778. The highest BCUT2D eigenvalue weighted by Gasteiger charge is 2.33. The minimum atomic E-state index is -0.887. The minimum absolute atomic E-state index is 0.144. The Bertz CT molecular complexity index is 203. The van der Waals surface area contributed by atoms with E-state index in [4.69, 9.17) is 0 Å². The van der Waals surface area contributed by atoms with Crippen molar-refractivity contribution >= 4 is 11.9 Å². The van der Waals surface area contributed by atoms with Crippen LogP contribution in [0.3, 0.4) is 0 Å². The summed E-state index contributed by atoms with van der Waals surface area (Å²) in [5, 5.41) is 2.63. The van der Waals surface area contributed by atoms with E-state index in [0.717, 1.165) is 0 Å². The van der Waals surface area contributed by atoms with E-state index in [9.17, 15) is 9.59 Å². The Morgan fingerprint density at radius 2 is 1.92 bits per heavy atom. The molecule has 0 saturated heterocycles. The van der Waals surface area contributed by atoms with Crippen LogP contribution in [0.5, 0.6) is 0 Å². The summed E-state index contributed by atoms with van der Waals surface area (Å²) in [6, 6.07) is 0. The standard InChI is InChI=1S/C9H17NO3/c1-5-7(11)10-9(3,6-2)8(12)13-4/h5-6H2,1-4H3,(H,10,11). The second-order valence-corrected chi connectivity index (χ2v) is 3.08. The second kappa shape index (κ2) is 4.84. The molecule has 0 aromatic rings. The Morgan fingerprint density at radius 3 is 2.23 bits per heavy atom. The molecule has 1 amide bonds. The summed E-state index contributed by atoms with van der Waals surface area (Å²) >= 11 is 0. The van der Waals surface area contributed by atoms with Gasteiger partial charge in [0.2, 0.25) is 5.91 Å². The minimum Gasteiger partial charge on any atom is -0.467 e. The first-order chi connectivity index (χ1) is 6.00. The molecule has 0 bridgehead atoms. The number of carbonyl (C=O) groups is 2. The van der Waals surface area contributed by atoms with Gasteiger partial charge in [-0.3, -0.25) is 4.79 Å². The van der Waals surface area contributed by atoms with E-state index >= 15 is 0 Å². The fourth-order valence-corrected chi connectivity index (χ4v) is 0.905. The normalized spacial score (nSPS) is 14.5. The fourth-order valence-electron chi connectivity index (χ4n) is 0.905. The molecule has 1 unspecified atom stereocenters. The Kier molecular flexibility index (Phi) is 4.45. The summed E-state index contributed by atoms with van der Waals surface area (Å²) in [6.45, 7) is 5.22. The molecule has 0 spiro atoms. The highest BCUT2D eigenvalue weighted by atomic mass is 16.5. The molecule has 0 aromatic carbocycles. The van der Waals surface area contributed by atoms with Crippen molar-refractivity contribution in [2.45, 2.75) is 39.2 Å². The molecule has 13 heavy (non-hydrogen) atoms. The Hall–Kier alpha value is -1.06. The molecule has 4 nitrogen and oxygen atoms in total. The highest BCUT2D eigenvalue weighted by molar-refractivity contribution is 5.87. The van der Waals surface area contributed by atoms with Crippen LogP contribution in [-0.4, -0.2) is 24.5 Å². The van der Waals surface area contributed by atoms with Crippen molar-refractivity contribution in [2.75, 3.05) is 7.11 Å². The highest BCUT2D eigenvalue weighted by Crippen LogP contribution is 2.11. The Morgan fingerprint density at radius 1 is 1.38 bits per heavy atom. The average molecular weight is 187 g/mol. The summed E-state index contributed by atoms with van der Waals surface area (Å²) in [5.74, 6) is -0.549. The van der Waals surface area contributed by atoms with Crippen molar-refractivity contribution in [1.82, 2.24) is 5.32 Å². The molecule has 76 valence electrons. The molecular weight excluding hydrogens is 170 g/mol. The lowest BCUT2D eigenvalue weighted by atomic mass is 9.99. The molecule has 0 aliphatic carbocycles. The summed E-state index contributed by atoms with van der Waals surface area (Å²) in [6.07, 6.45) is 0.887. The summed E-state index contributed by atoms with van der Waals surface area (Å²) < 4.78 is 4.60. The number of ether oxygens (including phenoxy) is 1. The number of methoxy groups -OCH3 is 1. The van der Waals surface area contributed by atoms with Gasteiger partial charge in [0.1, 0.15) is 5.54 Å². The van der Waals surface area contributed by atoms with E-state index in [1.54, 1.807) is 13.8 Å². The van der Waals surface area contributed by atoms with E-state index in [1.807, 2.05) is 6.92 Å². The number of rotatable bonds is 4. The van der Waals surface area contributed by atoms with Gasteiger partial charge >= 0.3 is 5.97 Å². The number of hydrogen-bond acceptors (Lipinski definition) is 3. The van der Waals surface area contributed by atoms with Crippen molar-refractivity contribution in [2.24, 2.45) is 0 Å². The van der Waals surface area contributed by atoms with Crippen LogP contribution < -0.4 is 5.32 Å². The average Bonchev–Trinajstić information content (AvgIpc) is 2.15. The quantitative estimate of drug-likeness (QED) is 0.664. The molecular formula is C9H17NO3. The SMILES string of the molecule is CCC(=O)NC(C)(CC)C(=O)OC. The van der Waals surface area contributed by atoms with Crippen LogP contribution in [0.25, 0.3) is 0 Å². The third kappa shape index (κ3) is 3.05. The zero-order valence-electron chi connectivity index (χ0n) is 8.64. The van der Waals surface area contributed by atoms with E-state index in [-0.39, 0.29) is 5.91 Å². The molecule has 0 aromatic heterocycles. The summed E-state index contributed by atoms with van der Waals surface area (Å²) in [7, 11) is 1.31. The lowest BCUT2D eigenvalue weighted by Crippen LogP contribution is -2.52. The van der Waals surface area contributed by atoms with E-state index < -0.39 is 11.5 Å². The molecule has 0 aliphatic heterocycles. The van der Waals surface area contributed by atoms with E-state index in [0.29, 0.717) is 12.8 Å². The maximum atomic E-state index is 11.3. The van der Waals surface area contributed by atoms with Crippen molar-refractivity contribution in [3.63, 3.8) is 0 Å². The zero-order chi connectivity index (χ0) is 10.5. The lowest BCUT2D eigenvalue weighted by Gasteiger charge is -2.26. The molecule has 1 atom stereocenters. The van der Waals surface area contributed by atoms with Gasteiger partial charge in [0, 0.05) is 6.42 Å². The molecule has 0 radical (unpaired) electrons. The number of esters is 1. The van der Waals surface area contributed by atoms with E-state index in [2.05, 4.69) is 10.1 Å². The zero-order valence-corrected chi connectivity index (χ0v) is 8.64.